The number of anilines is 2. The van der Waals surface area contributed by atoms with Gasteiger partial charge in [0, 0.05) is 43.5 Å². The molecule has 1 aromatic heterocycles. The summed E-state index contributed by atoms with van der Waals surface area (Å²) >= 11 is 0. The van der Waals surface area contributed by atoms with Gasteiger partial charge in [-0.15, -0.1) is 0 Å². The molecule has 3 aromatic carbocycles. The minimum atomic E-state index is -0.600. The first kappa shape index (κ1) is 22.4. The van der Waals surface area contributed by atoms with Crippen molar-refractivity contribution in [1.29, 1.82) is 0 Å². The molecular formula is C26H24N4O5. The summed E-state index contributed by atoms with van der Waals surface area (Å²) in [5.41, 5.74) is 4.87. The van der Waals surface area contributed by atoms with Gasteiger partial charge in [0.05, 0.1) is 16.5 Å². The van der Waals surface area contributed by atoms with E-state index in [1.807, 2.05) is 30.3 Å². The molecule has 9 heteroatoms. The van der Waals surface area contributed by atoms with Crippen molar-refractivity contribution in [3.05, 3.63) is 98.5 Å². The zero-order chi connectivity index (χ0) is 24.4. The number of rotatable bonds is 8. The number of oxazole rings is 1. The quantitative estimate of drug-likeness (QED) is 0.299. The molecule has 35 heavy (non-hydrogen) atoms. The molecule has 0 radical (unpaired) electrons. The minimum Gasteiger partial charge on any atom is -0.407 e. The molecule has 1 aliphatic heterocycles. The van der Waals surface area contributed by atoms with Crippen molar-refractivity contribution in [2.24, 2.45) is 0 Å². The van der Waals surface area contributed by atoms with E-state index in [1.54, 1.807) is 0 Å². The van der Waals surface area contributed by atoms with Crippen molar-refractivity contribution >= 4 is 34.1 Å². The summed E-state index contributed by atoms with van der Waals surface area (Å²) in [7, 11) is 0. The van der Waals surface area contributed by atoms with Gasteiger partial charge in [-0.2, -0.15) is 0 Å². The predicted molar refractivity (Wildman–Crippen MR) is 133 cm³/mol. The lowest BCUT2D eigenvalue weighted by Gasteiger charge is -2.21. The summed E-state index contributed by atoms with van der Waals surface area (Å²) in [6.07, 6.45) is 1.64. The zero-order valence-corrected chi connectivity index (χ0v) is 19.0. The summed E-state index contributed by atoms with van der Waals surface area (Å²) in [5, 5.41) is 13.9. The van der Waals surface area contributed by atoms with Crippen molar-refractivity contribution in [3.63, 3.8) is 0 Å². The third-order valence-electron chi connectivity index (χ3n) is 6.28. The normalized spacial score (nSPS) is 12.6. The average Bonchev–Trinajstić information content (AvgIpc) is 3.40. The fraction of sp³-hybridized carbons (Fsp3) is 0.231. The van der Waals surface area contributed by atoms with Crippen LogP contribution in [-0.2, 0) is 24.3 Å². The molecule has 5 rings (SSSR count). The van der Waals surface area contributed by atoms with E-state index >= 15 is 0 Å². The Balaban J connectivity index is 1.22. The number of nitro groups is 1. The van der Waals surface area contributed by atoms with E-state index in [1.165, 1.54) is 34.0 Å². The number of carbonyl (C=O) groups excluding carboxylic acids is 1. The Labute approximate surface area is 200 Å². The van der Waals surface area contributed by atoms with Crippen LogP contribution in [0.1, 0.15) is 24.0 Å². The molecule has 4 aromatic rings. The number of para-hydroxylation sites is 2. The summed E-state index contributed by atoms with van der Waals surface area (Å²) < 4.78 is 6.54. The maximum Gasteiger partial charge on any atom is 0.419 e. The van der Waals surface area contributed by atoms with Crippen molar-refractivity contribution in [2.75, 3.05) is 16.8 Å². The molecular weight excluding hydrogens is 448 g/mol. The number of hydrogen-bond acceptors (Lipinski definition) is 6. The molecule has 0 atom stereocenters. The molecule has 0 fully saturated rings. The largest absolute Gasteiger partial charge is 0.419 e. The van der Waals surface area contributed by atoms with Gasteiger partial charge < -0.3 is 14.6 Å². The van der Waals surface area contributed by atoms with Crippen LogP contribution < -0.4 is 16.0 Å². The monoisotopic (exact) mass is 472 g/mol. The van der Waals surface area contributed by atoms with Crippen LogP contribution in [0.5, 0.6) is 0 Å². The van der Waals surface area contributed by atoms with Crippen molar-refractivity contribution < 1.29 is 14.1 Å². The van der Waals surface area contributed by atoms with Crippen LogP contribution in [0, 0.1) is 10.1 Å². The Bertz CT molecular complexity index is 1470. The number of aryl methyl sites for hydroxylation is 1. The van der Waals surface area contributed by atoms with E-state index in [0.29, 0.717) is 18.5 Å². The molecule has 0 aliphatic carbocycles. The number of fused-ring (bicyclic) bond motifs is 2. The minimum absolute atomic E-state index is 0.143. The lowest BCUT2D eigenvalue weighted by atomic mass is 10.1. The standard InChI is InChI=1S/C26H24N4O5/c31-25(10-5-14-29-23-12-11-20(30(33)34)16-24(23)35-26(29)32)27-21-8-3-1-7-19(21)17-28-15-13-18-6-2-4-9-22(18)28/h1-4,6-9,11-12,16H,5,10,13-15,17H2,(H,27,31). The fourth-order valence-electron chi connectivity index (χ4n) is 4.55. The Morgan fingerprint density at radius 2 is 1.89 bits per heavy atom. The lowest BCUT2D eigenvalue weighted by molar-refractivity contribution is -0.384. The van der Waals surface area contributed by atoms with E-state index in [-0.39, 0.29) is 30.1 Å². The fourth-order valence-corrected chi connectivity index (χ4v) is 4.55. The van der Waals surface area contributed by atoms with Crippen LogP contribution in [0.15, 0.2) is 75.9 Å². The summed E-state index contributed by atoms with van der Waals surface area (Å²) in [4.78, 5) is 37.6. The van der Waals surface area contributed by atoms with Gasteiger partial charge in [0.15, 0.2) is 5.58 Å². The molecule has 178 valence electrons. The second-order valence-electron chi connectivity index (χ2n) is 8.54. The smallest absolute Gasteiger partial charge is 0.407 e. The van der Waals surface area contributed by atoms with Crippen LogP contribution >= 0.6 is 0 Å². The molecule has 1 N–H and O–H groups in total. The maximum absolute atomic E-state index is 12.7. The van der Waals surface area contributed by atoms with Gasteiger partial charge >= 0.3 is 5.76 Å². The number of nitrogens with zero attached hydrogens (tertiary/aromatic N) is 3. The molecule has 1 amide bonds. The number of nitrogens with one attached hydrogen (secondary N) is 1. The number of hydrogen-bond donors (Lipinski definition) is 1. The highest BCUT2D eigenvalue weighted by Gasteiger charge is 2.20. The summed E-state index contributed by atoms with van der Waals surface area (Å²) in [6.45, 7) is 1.91. The van der Waals surface area contributed by atoms with Gasteiger partial charge in [-0.3, -0.25) is 19.5 Å². The molecule has 1 aliphatic rings. The van der Waals surface area contributed by atoms with Crippen LogP contribution in [0.2, 0.25) is 0 Å². The molecule has 2 heterocycles. The highest BCUT2D eigenvalue weighted by molar-refractivity contribution is 5.91. The molecule has 0 bridgehead atoms. The van der Waals surface area contributed by atoms with E-state index in [0.717, 1.165) is 24.2 Å². The molecule has 0 unspecified atom stereocenters. The van der Waals surface area contributed by atoms with Gasteiger partial charge in [0.25, 0.3) is 5.69 Å². The van der Waals surface area contributed by atoms with Crippen molar-refractivity contribution in [3.8, 4) is 0 Å². The zero-order valence-electron chi connectivity index (χ0n) is 19.0. The van der Waals surface area contributed by atoms with Gasteiger partial charge in [-0.25, -0.2) is 4.79 Å². The van der Waals surface area contributed by atoms with Gasteiger partial charge in [-0.05, 0) is 42.2 Å². The number of aromatic nitrogens is 1. The lowest BCUT2D eigenvalue weighted by Crippen LogP contribution is -2.22. The Morgan fingerprint density at radius 1 is 1.09 bits per heavy atom. The number of benzene rings is 3. The third-order valence-corrected chi connectivity index (χ3v) is 6.28. The van der Waals surface area contributed by atoms with Crippen LogP contribution in [0.25, 0.3) is 11.1 Å². The summed E-state index contributed by atoms with van der Waals surface area (Å²) in [5.74, 6) is -0.743. The van der Waals surface area contributed by atoms with Crippen LogP contribution in [0.4, 0.5) is 17.1 Å². The first-order chi connectivity index (χ1) is 17.0. The highest BCUT2D eigenvalue weighted by Crippen LogP contribution is 2.30. The maximum atomic E-state index is 12.7. The van der Waals surface area contributed by atoms with Gasteiger partial charge in [-0.1, -0.05) is 36.4 Å². The molecule has 0 saturated heterocycles. The molecule has 0 spiro atoms. The summed E-state index contributed by atoms with van der Waals surface area (Å²) in [6, 6.07) is 20.2. The topological polar surface area (TPSA) is 111 Å². The van der Waals surface area contributed by atoms with Crippen molar-refractivity contribution in [2.45, 2.75) is 32.4 Å². The van der Waals surface area contributed by atoms with Gasteiger partial charge in [0.2, 0.25) is 5.91 Å². The predicted octanol–water partition coefficient (Wildman–Crippen LogP) is 4.48. The Morgan fingerprint density at radius 3 is 2.74 bits per heavy atom. The first-order valence-electron chi connectivity index (χ1n) is 11.5. The van der Waals surface area contributed by atoms with Gasteiger partial charge in [0.1, 0.15) is 0 Å². The second kappa shape index (κ2) is 9.46. The number of amides is 1. The highest BCUT2D eigenvalue weighted by atomic mass is 16.6. The Hall–Kier alpha value is -4.40. The molecule has 0 saturated carbocycles. The first-order valence-corrected chi connectivity index (χ1v) is 11.5. The number of nitro benzene ring substituents is 1. The average molecular weight is 473 g/mol. The van der Waals surface area contributed by atoms with Crippen molar-refractivity contribution in [1.82, 2.24) is 4.57 Å². The van der Waals surface area contributed by atoms with E-state index < -0.39 is 10.7 Å². The number of carbonyl (C=O) groups is 1. The van der Waals surface area contributed by atoms with E-state index in [9.17, 15) is 19.7 Å². The SMILES string of the molecule is O=C(CCCn1c(=O)oc2cc([N+](=O)[O-])ccc21)Nc1ccccc1CN1CCc2ccccc21. The second-order valence-corrected chi connectivity index (χ2v) is 8.54. The number of non-ortho nitro benzene ring substituents is 1. The van der Waals surface area contributed by atoms with Crippen LogP contribution in [0.3, 0.4) is 0 Å². The third kappa shape index (κ3) is 4.65. The Kier molecular flexibility index (Phi) is 6.05. The molecule has 9 nitrogen and oxygen atoms in total. The van der Waals surface area contributed by atoms with E-state index in [2.05, 4.69) is 28.4 Å². The van der Waals surface area contributed by atoms with Crippen LogP contribution in [-0.4, -0.2) is 21.9 Å². The van der Waals surface area contributed by atoms with E-state index in [4.69, 9.17) is 4.42 Å².